The van der Waals surface area contributed by atoms with Crippen LogP contribution in [0.15, 0.2) is 30.5 Å². The molecule has 8 nitrogen and oxygen atoms in total. The monoisotopic (exact) mass is 456 g/mol. The van der Waals surface area contributed by atoms with Crippen LogP contribution in [0.4, 0.5) is 5.13 Å². The van der Waals surface area contributed by atoms with Crippen LogP contribution in [-0.4, -0.2) is 71.8 Å². The molecule has 1 aliphatic rings. The molecule has 0 spiro atoms. The molecule has 2 aromatic heterocycles. The molecular weight excluding hydrogens is 424 g/mol. The van der Waals surface area contributed by atoms with Crippen molar-refractivity contribution in [3.63, 3.8) is 0 Å². The van der Waals surface area contributed by atoms with Gasteiger partial charge in [-0.2, -0.15) is 0 Å². The summed E-state index contributed by atoms with van der Waals surface area (Å²) >= 11 is 1.59. The Bertz CT molecular complexity index is 987. The Morgan fingerprint density at radius 1 is 1.22 bits per heavy atom. The predicted molar refractivity (Wildman–Crippen MR) is 129 cm³/mol. The maximum atomic E-state index is 12.5. The molecule has 3 aromatic rings. The lowest BCUT2D eigenvalue weighted by atomic mass is 9.96. The summed E-state index contributed by atoms with van der Waals surface area (Å²) < 4.78 is 7.08. The zero-order valence-corrected chi connectivity index (χ0v) is 19.9. The molecule has 32 heavy (non-hydrogen) atoms. The number of ether oxygens (including phenoxy) is 1. The maximum Gasteiger partial charge on any atom is 0.223 e. The Balaban J connectivity index is 1.31. The molecule has 1 fully saturated rings. The van der Waals surface area contributed by atoms with Gasteiger partial charge in [0.15, 0.2) is 0 Å². The van der Waals surface area contributed by atoms with Crippen molar-refractivity contribution < 1.29 is 9.53 Å². The van der Waals surface area contributed by atoms with E-state index in [0.717, 1.165) is 79.2 Å². The number of amides is 1. The van der Waals surface area contributed by atoms with Crippen molar-refractivity contribution >= 4 is 27.3 Å². The minimum atomic E-state index is 0.0914. The number of nitrogens with one attached hydrogen (secondary N) is 1. The van der Waals surface area contributed by atoms with Gasteiger partial charge in [-0.3, -0.25) is 4.79 Å². The largest absolute Gasteiger partial charge is 0.497 e. The van der Waals surface area contributed by atoms with Crippen LogP contribution in [0.3, 0.4) is 0 Å². The average Bonchev–Trinajstić information content (AvgIpc) is 3.41. The van der Waals surface area contributed by atoms with Crippen LogP contribution < -0.4 is 15.0 Å². The van der Waals surface area contributed by atoms with Crippen LogP contribution in [0, 0.1) is 5.92 Å². The van der Waals surface area contributed by atoms with Crippen molar-refractivity contribution in [1.29, 1.82) is 0 Å². The number of benzene rings is 1. The van der Waals surface area contributed by atoms with E-state index >= 15 is 0 Å². The Morgan fingerprint density at radius 3 is 2.56 bits per heavy atom. The van der Waals surface area contributed by atoms with E-state index in [4.69, 9.17) is 14.8 Å². The van der Waals surface area contributed by atoms with Crippen LogP contribution in [0.25, 0.3) is 16.2 Å². The summed E-state index contributed by atoms with van der Waals surface area (Å²) in [5.74, 6) is 1.11. The summed E-state index contributed by atoms with van der Waals surface area (Å²) in [6.07, 6.45) is 3.68. The molecule has 0 unspecified atom stereocenters. The second kappa shape index (κ2) is 10.3. The number of likely N-dealkylation sites (N-methyl/N-ethyl adjacent to an activating group) is 1. The molecule has 1 aliphatic heterocycles. The van der Waals surface area contributed by atoms with Crippen molar-refractivity contribution in [2.45, 2.75) is 26.7 Å². The van der Waals surface area contributed by atoms with Gasteiger partial charge in [-0.15, -0.1) is 5.10 Å². The number of carbonyl (C=O) groups excluding carboxylic acids is 1. The SMILES string of the molecule is CCN(CC)CCNC(=O)C1CCN(c2nn3cc(-c4ccc(OC)cc4)nc3s2)CC1. The number of anilines is 1. The molecule has 1 amide bonds. The highest BCUT2D eigenvalue weighted by Crippen LogP contribution is 2.30. The third-order valence-electron chi connectivity index (χ3n) is 6.18. The molecule has 1 saturated heterocycles. The standard InChI is InChI=1S/C23H32N6O2S/c1-4-27(5-2)15-12-24-21(30)18-10-13-28(14-11-18)23-26-29-16-20(25-22(29)32-23)17-6-8-19(31-3)9-7-17/h6-9,16,18H,4-5,10-15H2,1-3H3,(H,24,30). The molecule has 9 heteroatoms. The van der Waals surface area contributed by atoms with Crippen LogP contribution in [-0.2, 0) is 4.79 Å². The molecule has 172 valence electrons. The average molecular weight is 457 g/mol. The normalized spacial score (nSPS) is 14.9. The number of fused-ring (bicyclic) bond motifs is 1. The second-order valence-corrected chi connectivity index (χ2v) is 8.98. The minimum absolute atomic E-state index is 0.0914. The Morgan fingerprint density at radius 2 is 1.94 bits per heavy atom. The first-order valence-corrected chi connectivity index (χ1v) is 12.2. The fraction of sp³-hybridized carbons (Fsp3) is 0.522. The van der Waals surface area contributed by atoms with Crippen molar-refractivity contribution in [3.05, 3.63) is 30.5 Å². The lowest BCUT2D eigenvalue weighted by molar-refractivity contribution is -0.125. The number of nitrogens with zero attached hydrogens (tertiary/aromatic N) is 5. The fourth-order valence-electron chi connectivity index (χ4n) is 4.07. The third-order valence-corrected chi connectivity index (χ3v) is 7.16. The Hall–Kier alpha value is -2.65. The number of hydrogen-bond donors (Lipinski definition) is 1. The Labute approximate surface area is 193 Å². The van der Waals surface area contributed by atoms with Gasteiger partial charge >= 0.3 is 0 Å². The molecule has 1 N–H and O–H groups in total. The lowest BCUT2D eigenvalue weighted by Crippen LogP contribution is -2.42. The van der Waals surface area contributed by atoms with E-state index in [2.05, 4.69) is 29.0 Å². The van der Waals surface area contributed by atoms with E-state index in [1.165, 1.54) is 0 Å². The summed E-state index contributed by atoms with van der Waals surface area (Å²) in [7, 11) is 1.66. The van der Waals surface area contributed by atoms with E-state index in [-0.39, 0.29) is 11.8 Å². The van der Waals surface area contributed by atoms with Gasteiger partial charge in [0.1, 0.15) is 5.75 Å². The fourth-order valence-corrected chi connectivity index (χ4v) is 5.01. The highest BCUT2D eigenvalue weighted by Gasteiger charge is 2.26. The number of imidazole rings is 1. The molecule has 1 aromatic carbocycles. The predicted octanol–water partition coefficient (Wildman–Crippen LogP) is 3.14. The first-order chi connectivity index (χ1) is 15.6. The number of aromatic nitrogens is 3. The van der Waals surface area contributed by atoms with E-state index in [1.54, 1.807) is 18.4 Å². The van der Waals surface area contributed by atoms with Crippen molar-refractivity contribution in [2.75, 3.05) is 51.3 Å². The second-order valence-electron chi connectivity index (χ2n) is 8.05. The molecule has 4 rings (SSSR count). The summed E-state index contributed by atoms with van der Waals surface area (Å²) in [4.78, 5) is 22.7. The van der Waals surface area contributed by atoms with Crippen LogP contribution in [0.1, 0.15) is 26.7 Å². The van der Waals surface area contributed by atoms with Crippen LogP contribution >= 0.6 is 11.3 Å². The van der Waals surface area contributed by atoms with Gasteiger partial charge in [-0.05, 0) is 50.2 Å². The van der Waals surface area contributed by atoms with Gasteiger partial charge in [0.05, 0.1) is 19.0 Å². The highest BCUT2D eigenvalue weighted by atomic mass is 32.1. The van der Waals surface area contributed by atoms with Gasteiger partial charge in [-0.1, -0.05) is 25.2 Å². The number of carbonyl (C=O) groups is 1. The van der Waals surface area contributed by atoms with Crippen molar-refractivity contribution in [2.24, 2.45) is 5.92 Å². The number of hydrogen-bond acceptors (Lipinski definition) is 7. The van der Waals surface area contributed by atoms with E-state index < -0.39 is 0 Å². The quantitative estimate of drug-likeness (QED) is 0.533. The Kier molecular flexibility index (Phi) is 7.26. The summed E-state index contributed by atoms with van der Waals surface area (Å²) in [5, 5.41) is 8.83. The molecular formula is C23H32N6O2S. The van der Waals surface area contributed by atoms with E-state index in [0.29, 0.717) is 0 Å². The first-order valence-electron chi connectivity index (χ1n) is 11.4. The molecule has 0 atom stereocenters. The van der Waals surface area contributed by atoms with Crippen LogP contribution in [0.5, 0.6) is 5.75 Å². The zero-order valence-electron chi connectivity index (χ0n) is 19.1. The lowest BCUT2D eigenvalue weighted by Gasteiger charge is -2.30. The smallest absolute Gasteiger partial charge is 0.223 e. The minimum Gasteiger partial charge on any atom is -0.497 e. The number of rotatable bonds is 9. The summed E-state index contributed by atoms with van der Waals surface area (Å²) in [6.45, 7) is 9.66. The maximum absolute atomic E-state index is 12.5. The van der Waals surface area contributed by atoms with E-state index in [1.807, 2.05) is 35.0 Å². The van der Waals surface area contributed by atoms with Gasteiger partial charge in [0.2, 0.25) is 16.0 Å². The highest BCUT2D eigenvalue weighted by molar-refractivity contribution is 7.20. The van der Waals surface area contributed by atoms with Crippen LogP contribution in [0.2, 0.25) is 0 Å². The third kappa shape index (κ3) is 5.05. The van der Waals surface area contributed by atoms with Crippen molar-refractivity contribution in [3.8, 4) is 17.0 Å². The zero-order chi connectivity index (χ0) is 22.5. The van der Waals surface area contributed by atoms with Gasteiger partial charge in [-0.25, -0.2) is 9.50 Å². The van der Waals surface area contributed by atoms with Gasteiger partial charge in [0.25, 0.3) is 0 Å². The molecule has 0 bridgehead atoms. The summed E-state index contributed by atoms with van der Waals surface area (Å²) in [6, 6.07) is 7.88. The topological polar surface area (TPSA) is 75.0 Å². The van der Waals surface area contributed by atoms with E-state index in [9.17, 15) is 4.79 Å². The van der Waals surface area contributed by atoms with Crippen molar-refractivity contribution in [1.82, 2.24) is 24.8 Å². The number of piperidine rings is 1. The molecule has 0 aliphatic carbocycles. The molecule has 0 radical (unpaired) electrons. The number of methoxy groups -OCH3 is 1. The summed E-state index contributed by atoms with van der Waals surface area (Å²) in [5.41, 5.74) is 1.94. The molecule has 3 heterocycles. The first kappa shape index (κ1) is 22.5. The van der Waals surface area contributed by atoms with Gasteiger partial charge in [0, 0.05) is 37.7 Å². The molecule has 0 saturated carbocycles. The van der Waals surface area contributed by atoms with Gasteiger partial charge < -0.3 is 19.9 Å².